The van der Waals surface area contributed by atoms with Gasteiger partial charge in [0.1, 0.15) is 5.82 Å². The van der Waals surface area contributed by atoms with E-state index in [4.69, 9.17) is 0 Å². The summed E-state index contributed by atoms with van der Waals surface area (Å²) in [5.41, 5.74) is 2.03. The minimum Gasteiger partial charge on any atom is -0.367 e. The summed E-state index contributed by atoms with van der Waals surface area (Å²) in [5, 5.41) is 3.49. The van der Waals surface area contributed by atoms with Crippen LogP contribution in [0.5, 0.6) is 0 Å². The van der Waals surface area contributed by atoms with Crippen molar-refractivity contribution >= 4 is 15.8 Å². The van der Waals surface area contributed by atoms with Crippen molar-refractivity contribution in [2.24, 2.45) is 0 Å². The molecular formula is C21H27N3O2S. The maximum atomic E-state index is 13.1. The molecule has 1 aromatic carbocycles. The zero-order chi connectivity index (χ0) is 18.9. The van der Waals surface area contributed by atoms with E-state index < -0.39 is 10.0 Å². The fourth-order valence-electron chi connectivity index (χ4n) is 4.17. The quantitative estimate of drug-likeness (QED) is 0.835. The first-order valence-electron chi connectivity index (χ1n) is 9.85. The van der Waals surface area contributed by atoms with Crippen LogP contribution >= 0.6 is 0 Å². The van der Waals surface area contributed by atoms with Crippen molar-refractivity contribution in [3.8, 4) is 0 Å². The monoisotopic (exact) mass is 385 g/mol. The first-order chi connectivity index (χ1) is 13.0. The van der Waals surface area contributed by atoms with E-state index in [1.54, 1.807) is 16.4 Å². The molecule has 1 saturated heterocycles. The average Bonchev–Trinajstić information content (AvgIpc) is 3.35. The van der Waals surface area contributed by atoms with Crippen LogP contribution in [0.3, 0.4) is 0 Å². The smallest absolute Gasteiger partial charge is 0.243 e. The molecule has 0 amide bonds. The van der Waals surface area contributed by atoms with E-state index in [2.05, 4.69) is 10.3 Å². The standard InChI is InChI=1S/C21H27N3O2S/c1-16-8-11-19(12-9-16)27(25,26)24-14-4-7-20(24)17-10-13-21(22-15-17)23-18-5-2-3-6-18/h8-13,15,18,20H,2-7,14H2,1H3,(H,22,23)/t20-/m1/s1. The van der Waals surface area contributed by atoms with Crippen LogP contribution in [0.4, 0.5) is 5.82 Å². The third kappa shape index (κ3) is 3.87. The minimum absolute atomic E-state index is 0.135. The fourth-order valence-corrected chi connectivity index (χ4v) is 5.86. The molecule has 2 fully saturated rings. The lowest BCUT2D eigenvalue weighted by atomic mass is 10.1. The van der Waals surface area contributed by atoms with Crippen LogP contribution in [0.25, 0.3) is 0 Å². The zero-order valence-corrected chi connectivity index (χ0v) is 16.6. The van der Waals surface area contributed by atoms with E-state index >= 15 is 0 Å². The summed E-state index contributed by atoms with van der Waals surface area (Å²) in [4.78, 5) is 4.92. The minimum atomic E-state index is -3.49. The molecule has 1 aliphatic carbocycles. The van der Waals surface area contributed by atoms with Gasteiger partial charge in [0.2, 0.25) is 10.0 Å². The number of rotatable bonds is 5. The Morgan fingerprint density at radius 3 is 2.41 bits per heavy atom. The van der Waals surface area contributed by atoms with E-state index in [1.807, 2.05) is 37.4 Å². The largest absolute Gasteiger partial charge is 0.367 e. The second-order valence-electron chi connectivity index (χ2n) is 7.69. The van der Waals surface area contributed by atoms with Gasteiger partial charge in [0.15, 0.2) is 0 Å². The van der Waals surface area contributed by atoms with Crippen LogP contribution in [0.1, 0.15) is 55.7 Å². The maximum Gasteiger partial charge on any atom is 0.243 e. The summed E-state index contributed by atoms with van der Waals surface area (Å²) < 4.78 is 27.9. The molecule has 27 heavy (non-hydrogen) atoms. The number of aromatic nitrogens is 1. The zero-order valence-electron chi connectivity index (χ0n) is 15.8. The number of sulfonamides is 1. The Labute approximate surface area is 161 Å². The molecule has 5 nitrogen and oxygen atoms in total. The van der Waals surface area contributed by atoms with Crippen molar-refractivity contribution in [1.82, 2.24) is 9.29 Å². The molecule has 1 aromatic heterocycles. The van der Waals surface area contributed by atoms with Crippen molar-refractivity contribution < 1.29 is 8.42 Å². The highest BCUT2D eigenvalue weighted by Crippen LogP contribution is 2.36. The van der Waals surface area contributed by atoms with Crippen LogP contribution in [0.2, 0.25) is 0 Å². The van der Waals surface area contributed by atoms with Crippen molar-refractivity contribution in [1.29, 1.82) is 0 Å². The molecule has 144 valence electrons. The number of hydrogen-bond acceptors (Lipinski definition) is 4. The molecule has 2 heterocycles. The number of aryl methyl sites for hydroxylation is 1. The van der Waals surface area contributed by atoms with Gasteiger partial charge in [-0.2, -0.15) is 4.31 Å². The lowest BCUT2D eigenvalue weighted by Crippen LogP contribution is -2.30. The number of hydrogen-bond donors (Lipinski definition) is 1. The number of nitrogens with zero attached hydrogens (tertiary/aromatic N) is 2. The van der Waals surface area contributed by atoms with Crippen molar-refractivity contribution in [2.45, 2.75) is 62.4 Å². The van der Waals surface area contributed by atoms with Crippen molar-refractivity contribution in [2.75, 3.05) is 11.9 Å². The second kappa shape index (κ2) is 7.60. The molecule has 1 atom stereocenters. The van der Waals surface area contributed by atoms with Gasteiger partial charge < -0.3 is 5.32 Å². The van der Waals surface area contributed by atoms with E-state index in [1.165, 1.54) is 25.7 Å². The van der Waals surface area contributed by atoms with Gasteiger partial charge in [-0.25, -0.2) is 13.4 Å². The van der Waals surface area contributed by atoms with Gasteiger partial charge in [-0.15, -0.1) is 0 Å². The summed E-state index contributed by atoms with van der Waals surface area (Å²) in [6, 6.07) is 11.5. The Balaban J connectivity index is 1.53. The van der Waals surface area contributed by atoms with Gasteiger partial charge in [-0.1, -0.05) is 36.6 Å². The highest BCUT2D eigenvalue weighted by molar-refractivity contribution is 7.89. The topological polar surface area (TPSA) is 62.3 Å². The van der Waals surface area contributed by atoms with Crippen LogP contribution < -0.4 is 5.32 Å². The third-order valence-corrected chi connectivity index (χ3v) is 7.63. The highest BCUT2D eigenvalue weighted by Gasteiger charge is 2.36. The van der Waals surface area contributed by atoms with E-state index in [0.29, 0.717) is 17.5 Å². The highest BCUT2D eigenvalue weighted by atomic mass is 32.2. The van der Waals surface area contributed by atoms with Gasteiger partial charge in [0.25, 0.3) is 0 Å². The number of benzene rings is 1. The van der Waals surface area contributed by atoms with Gasteiger partial charge >= 0.3 is 0 Å². The molecule has 0 unspecified atom stereocenters. The molecule has 2 aliphatic rings. The van der Waals surface area contributed by atoms with Crippen LogP contribution in [-0.4, -0.2) is 30.3 Å². The number of anilines is 1. The number of nitrogens with one attached hydrogen (secondary N) is 1. The average molecular weight is 386 g/mol. The molecule has 6 heteroatoms. The van der Waals surface area contributed by atoms with Crippen LogP contribution in [0.15, 0.2) is 47.5 Å². The van der Waals surface area contributed by atoms with Crippen LogP contribution in [-0.2, 0) is 10.0 Å². The second-order valence-corrected chi connectivity index (χ2v) is 9.58. The van der Waals surface area contributed by atoms with Crippen molar-refractivity contribution in [3.05, 3.63) is 53.7 Å². The predicted molar refractivity (Wildman–Crippen MR) is 107 cm³/mol. The fraction of sp³-hybridized carbons (Fsp3) is 0.476. The molecule has 1 N–H and O–H groups in total. The molecule has 0 spiro atoms. The summed E-state index contributed by atoms with van der Waals surface area (Å²) >= 11 is 0. The van der Waals surface area contributed by atoms with E-state index in [0.717, 1.165) is 29.8 Å². The molecule has 4 rings (SSSR count). The Bertz CT molecular complexity index is 873. The molecule has 0 bridgehead atoms. The predicted octanol–water partition coefficient (Wildman–Crippen LogP) is 4.27. The van der Waals surface area contributed by atoms with Gasteiger partial charge in [-0.3, -0.25) is 0 Å². The Kier molecular flexibility index (Phi) is 5.19. The summed E-state index contributed by atoms with van der Waals surface area (Å²) in [6.07, 6.45) is 8.52. The lowest BCUT2D eigenvalue weighted by molar-refractivity contribution is 0.396. The molecule has 1 saturated carbocycles. The molecule has 1 aliphatic heterocycles. The van der Waals surface area contributed by atoms with Crippen LogP contribution in [0, 0.1) is 6.92 Å². The summed E-state index contributed by atoms with van der Waals surface area (Å²) in [5.74, 6) is 0.886. The van der Waals surface area contributed by atoms with Gasteiger partial charge in [0, 0.05) is 18.8 Å². The van der Waals surface area contributed by atoms with E-state index in [-0.39, 0.29) is 6.04 Å². The Morgan fingerprint density at radius 1 is 1.00 bits per heavy atom. The molecular weight excluding hydrogens is 358 g/mol. The van der Waals surface area contributed by atoms with Gasteiger partial charge in [-0.05, 0) is 56.4 Å². The molecule has 0 radical (unpaired) electrons. The molecule has 2 aromatic rings. The first-order valence-corrected chi connectivity index (χ1v) is 11.3. The van der Waals surface area contributed by atoms with Gasteiger partial charge in [0.05, 0.1) is 10.9 Å². The third-order valence-electron chi connectivity index (χ3n) is 5.71. The van der Waals surface area contributed by atoms with E-state index in [9.17, 15) is 8.42 Å². The Morgan fingerprint density at radius 2 is 1.74 bits per heavy atom. The first kappa shape index (κ1) is 18.4. The maximum absolute atomic E-state index is 13.1. The Hall–Kier alpha value is -1.92. The summed E-state index contributed by atoms with van der Waals surface area (Å²) in [7, 11) is -3.49. The normalized spacial score (nSPS) is 21.6. The lowest BCUT2D eigenvalue weighted by Gasteiger charge is -2.24. The summed E-state index contributed by atoms with van der Waals surface area (Å²) in [6.45, 7) is 2.52. The number of pyridine rings is 1. The van der Waals surface area contributed by atoms with Crippen molar-refractivity contribution in [3.63, 3.8) is 0 Å². The SMILES string of the molecule is Cc1ccc(S(=O)(=O)N2CCC[C@@H]2c2ccc(NC3CCCC3)nc2)cc1.